The van der Waals surface area contributed by atoms with Crippen molar-refractivity contribution in [2.45, 2.75) is 12.8 Å². The first-order valence-electron chi connectivity index (χ1n) is 7.83. The molecule has 0 spiro atoms. The Morgan fingerprint density at radius 1 is 1.36 bits per heavy atom. The molecule has 0 aromatic carbocycles. The molecule has 4 rings (SSSR count). The SMILES string of the molecule is COCCCc1cn(-c2nc(N)nc3ccsc23)c2cc(Br)ncc12. The number of nitrogen functional groups attached to an aromatic ring is 1. The number of rotatable bonds is 5. The Kier molecular flexibility index (Phi) is 4.41. The van der Waals surface area contributed by atoms with E-state index in [1.807, 2.05) is 23.7 Å². The zero-order valence-electron chi connectivity index (χ0n) is 13.6. The molecule has 0 aliphatic heterocycles. The summed E-state index contributed by atoms with van der Waals surface area (Å²) in [6.45, 7) is 0.728. The van der Waals surface area contributed by atoms with E-state index in [2.05, 4.69) is 41.6 Å². The summed E-state index contributed by atoms with van der Waals surface area (Å²) in [6, 6.07) is 3.97. The molecular formula is C17H16BrN5OS. The molecule has 0 radical (unpaired) electrons. The number of anilines is 1. The summed E-state index contributed by atoms with van der Waals surface area (Å²) in [6.07, 6.45) is 5.88. The Balaban J connectivity index is 1.94. The van der Waals surface area contributed by atoms with Crippen molar-refractivity contribution in [2.24, 2.45) is 0 Å². The van der Waals surface area contributed by atoms with Crippen molar-refractivity contribution < 1.29 is 4.74 Å². The topological polar surface area (TPSA) is 78.9 Å². The fraction of sp³-hybridized carbons (Fsp3) is 0.235. The highest BCUT2D eigenvalue weighted by Crippen LogP contribution is 2.31. The summed E-state index contributed by atoms with van der Waals surface area (Å²) in [5, 5.41) is 3.12. The van der Waals surface area contributed by atoms with Crippen LogP contribution in [0, 0.1) is 0 Å². The van der Waals surface area contributed by atoms with Crippen molar-refractivity contribution in [1.29, 1.82) is 0 Å². The molecule has 0 atom stereocenters. The van der Waals surface area contributed by atoms with Gasteiger partial charge in [0.25, 0.3) is 0 Å². The van der Waals surface area contributed by atoms with Crippen molar-refractivity contribution in [3.8, 4) is 5.82 Å². The molecule has 0 amide bonds. The van der Waals surface area contributed by atoms with Gasteiger partial charge in [0.15, 0.2) is 5.82 Å². The monoisotopic (exact) mass is 417 g/mol. The molecule has 0 bridgehead atoms. The van der Waals surface area contributed by atoms with E-state index in [0.717, 1.165) is 51.0 Å². The van der Waals surface area contributed by atoms with E-state index >= 15 is 0 Å². The highest BCUT2D eigenvalue weighted by Gasteiger charge is 2.16. The fourth-order valence-electron chi connectivity index (χ4n) is 2.97. The maximum absolute atomic E-state index is 5.93. The number of aryl methyl sites for hydroxylation is 1. The lowest BCUT2D eigenvalue weighted by molar-refractivity contribution is 0.195. The van der Waals surface area contributed by atoms with Crippen LogP contribution in [-0.2, 0) is 11.2 Å². The number of nitrogens with two attached hydrogens (primary N) is 1. The van der Waals surface area contributed by atoms with Crippen LogP contribution in [0.3, 0.4) is 0 Å². The molecule has 128 valence electrons. The van der Waals surface area contributed by atoms with Crippen LogP contribution in [0.1, 0.15) is 12.0 Å². The standard InChI is InChI=1S/C17H16BrN5OS/c1-24-5-2-3-10-9-23(13-7-14(18)20-8-11(10)13)16-15-12(4-6-25-15)21-17(19)22-16/h4,6-9H,2-3,5H2,1H3,(H2,19,21,22). The quantitative estimate of drug-likeness (QED) is 0.392. The second kappa shape index (κ2) is 6.70. The molecule has 0 aliphatic rings. The van der Waals surface area contributed by atoms with Gasteiger partial charge in [-0.3, -0.25) is 4.57 Å². The lowest BCUT2D eigenvalue weighted by Crippen LogP contribution is -2.02. The number of ether oxygens (including phenoxy) is 1. The Labute approximate surface area is 156 Å². The highest BCUT2D eigenvalue weighted by atomic mass is 79.9. The fourth-order valence-corrected chi connectivity index (χ4v) is 4.11. The molecule has 0 saturated carbocycles. The van der Waals surface area contributed by atoms with Gasteiger partial charge < -0.3 is 10.5 Å². The predicted molar refractivity (Wildman–Crippen MR) is 104 cm³/mol. The summed E-state index contributed by atoms with van der Waals surface area (Å²) in [5.74, 6) is 1.08. The number of hydrogen-bond acceptors (Lipinski definition) is 6. The van der Waals surface area contributed by atoms with E-state index in [1.165, 1.54) is 5.56 Å². The summed E-state index contributed by atoms with van der Waals surface area (Å²) in [7, 11) is 1.72. The maximum atomic E-state index is 5.93. The summed E-state index contributed by atoms with van der Waals surface area (Å²) < 4.78 is 9.07. The van der Waals surface area contributed by atoms with Crippen molar-refractivity contribution in [2.75, 3.05) is 19.5 Å². The van der Waals surface area contributed by atoms with Crippen LogP contribution < -0.4 is 5.73 Å². The van der Waals surface area contributed by atoms with Crippen LogP contribution in [0.25, 0.3) is 26.9 Å². The molecule has 8 heteroatoms. The lowest BCUT2D eigenvalue weighted by Gasteiger charge is -2.06. The molecule has 4 aromatic heterocycles. The van der Waals surface area contributed by atoms with Gasteiger partial charge >= 0.3 is 0 Å². The van der Waals surface area contributed by atoms with Gasteiger partial charge in [-0.05, 0) is 51.8 Å². The number of fused-ring (bicyclic) bond motifs is 2. The molecule has 2 N–H and O–H groups in total. The first kappa shape index (κ1) is 16.4. The minimum atomic E-state index is 0.275. The normalized spacial score (nSPS) is 11.6. The number of thiophene rings is 1. The second-order valence-corrected chi connectivity index (χ2v) is 7.41. The highest BCUT2D eigenvalue weighted by molar-refractivity contribution is 9.10. The van der Waals surface area contributed by atoms with E-state index in [0.29, 0.717) is 0 Å². The Bertz CT molecular complexity index is 1060. The molecule has 4 heterocycles. The van der Waals surface area contributed by atoms with Crippen LogP contribution in [0.15, 0.2) is 34.5 Å². The third-order valence-corrected chi connectivity index (χ3v) is 5.40. The largest absolute Gasteiger partial charge is 0.385 e. The number of nitrogens with zero attached hydrogens (tertiary/aromatic N) is 4. The zero-order valence-corrected chi connectivity index (χ0v) is 16.0. The lowest BCUT2D eigenvalue weighted by atomic mass is 10.1. The van der Waals surface area contributed by atoms with E-state index < -0.39 is 0 Å². The third-order valence-electron chi connectivity index (χ3n) is 4.06. The van der Waals surface area contributed by atoms with Gasteiger partial charge in [0.1, 0.15) is 4.60 Å². The molecule has 0 unspecified atom stereocenters. The second-order valence-electron chi connectivity index (χ2n) is 5.69. The first-order valence-corrected chi connectivity index (χ1v) is 9.50. The van der Waals surface area contributed by atoms with E-state index in [4.69, 9.17) is 10.5 Å². The van der Waals surface area contributed by atoms with E-state index in [1.54, 1.807) is 18.4 Å². The Hall–Kier alpha value is -2.03. The van der Waals surface area contributed by atoms with Crippen LogP contribution in [0.2, 0.25) is 0 Å². The number of methoxy groups -OCH3 is 1. The first-order chi connectivity index (χ1) is 12.2. The smallest absolute Gasteiger partial charge is 0.222 e. The summed E-state index contributed by atoms with van der Waals surface area (Å²) in [4.78, 5) is 13.2. The minimum Gasteiger partial charge on any atom is -0.385 e. The van der Waals surface area contributed by atoms with Gasteiger partial charge in [-0.25, -0.2) is 9.97 Å². The zero-order chi connectivity index (χ0) is 17.4. The average molecular weight is 418 g/mol. The van der Waals surface area contributed by atoms with Crippen molar-refractivity contribution in [3.63, 3.8) is 0 Å². The average Bonchev–Trinajstić information content (AvgIpc) is 3.19. The van der Waals surface area contributed by atoms with E-state index in [9.17, 15) is 0 Å². The molecule has 6 nitrogen and oxygen atoms in total. The van der Waals surface area contributed by atoms with Gasteiger partial charge in [-0.2, -0.15) is 4.98 Å². The number of hydrogen-bond donors (Lipinski definition) is 1. The summed E-state index contributed by atoms with van der Waals surface area (Å²) >= 11 is 5.08. The van der Waals surface area contributed by atoms with Gasteiger partial charge in [0.05, 0.1) is 15.7 Å². The van der Waals surface area contributed by atoms with Gasteiger partial charge in [0.2, 0.25) is 5.95 Å². The predicted octanol–water partition coefficient (Wildman–Crippen LogP) is 3.95. The van der Waals surface area contributed by atoms with Crippen molar-refractivity contribution in [3.05, 3.63) is 40.1 Å². The van der Waals surface area contributed by atoms with E-state index in [-0.39, 0.29) is 5.95 Å². The number of halogens is 1. The van der Waals surface area contributed by atoms with Gasteiger partial charge in [0, 0.05) is 31.5 Å². The number of pyridine rings is 1. The summed E-state index contributed by atoms with van der Waals surface area (Å²) in [5.41, 5.74) is 9.06. The van der Waals surface area contributed by atoms with Crippen LogP contribution in [0.4, 0.5) is 5.95 Å². The maximum Gasteiger partial charge on any atom is 0.222 e. The third kappa shape index (κ3) is 3.01. The molecule has 4 aromatic rings. The molecule has 0 saturated heterocycles. The molecular weight excluding hydrogens is 402 g/mol. The van der Waals surface area contributed by atoms with Crippen molar-refractivity contribution in [1.82, 2.24) is 19.5 Å². The van der Waals surface area contributed by atoms with Crippen LogP contribution in [0.5, 0.6) is 0 Å². The van der Waals surface area contributed by atoms with Gasteiger partial charge in [-0.15, -0.1) is 11.3 Å². The van der Waals surface area contributed by atoms with Crippen molar-refractivity contribution >= 4 is 54.3 Å². The van der Waals surface area contributed by atoms with Gasteiger partial charge in [-0.1, -0.05) is 0 Å². The molecule has 0 fully saturated rings. The Morgan fingerprint density at radius 3 is 3.08 bits per heavy atom. The molecule has 0 aliphatic carbocycles. The van der Waals surface area contributed by atoms with Crippen LogP contribution >= 0.6 is 27.3 Å². The number of aromatic nitrogens is 4. The Morgan fingerprint density at radius 2 is 2.24 bits per heavy atom. The molecule has 25 heavy (non-hydrogen) atoms. The minimum absolute atomic E-state index is 0.275. The van der Waals surface area contributed by atoms with Crippen LogP contribution in [-0.4, -0.2) is 33.2 Å².